The van der Waals surface area contributed by atoms with E-state index in [1.807, 2.05) is 87.6 Å². The molecule has 2 fully saturated rings. The van der Waals surface area contributed by atoms with Gasteiger partial charge in [0.05, 0.1) is 50.8 Å². The lowest BCUT2D eigenvalue weighted by Crippen LogP contribution is -2.69. The number of hydrogen-bond acceptors (Lipinski definition) is 18. The molecule has 1 spiro atoms. The standard InChI is InChI=1S/C54H55N4O13PS/c1-29-19-35-20-37-38(23-55)58-39-26-65-53(61)54(27-73-52(46(58)45(57(37)4)42(35)47(60)48(29)64-6)44-43(39)51-50(66-28-67-51)30(2)49(44)70-31(3)59)36-22-40(63-5)41(21-34(36)17-18-56-54)71-72(62,68-24-32-13-9-7-10-14-32)69-25-33-15-11-8-12-16-33/h7-16,19,21-22,37-39,45-46,52,56,60H,17-18,20,24-28H2,1-6H3/t37-,38-,39-,45+,46?,52+,54+/m0/s1. The van der Waals surface area contributed by atoms with Gasteiger partial charge in [0.2, 0.25) is 6.79 Å². The van der Waals surface area contributed by atoms with Gasteiger partial charge in [-0.05, 0) is 79.3 Å². The number of carbonyl (C=O) groups excluding carboxylic acids is 2. The summed E-state index contributed by atoms with van der Waals surface area (Å²) in [6.07, 6.45) is 0.893. The topological polar surface area (TPSA) is 197 Å². The van der Waals surface area contributed by atoms with Gasteiger partial charge in [0.15, 0.2) is 40.0 Å². The number of fused-ring (bicyclic) bond motifs is 9. The molecule has 0 aromatic heterocycles. The van der Waals surface area contributed by atoms with Gasteiger partial charge in [0.25, 0.3) is 0 Å². The number of carbonyl (C=O) groups is 2. The number of phosphoric ester groups is 1. The maximum Gasteiger partial charge on any atom is 0.530 e. The van der Waals surface area contributed by atoms with Crippen LogP contribution in [0.5, 0.6) is 40.2 Å². The van der Waals surface area contributed by atoms with Gasteiger partial charge in [-0.3, -0.25) is 29.0 Å². The van der Waals surface area contributed by atoms with E-state index in [0.29, 0.717) is 75.8 Å². The Hall–Kier alpha value is -6.29. The van der Waals surface area contributed by atoms with E-state index in [2.05, 4.69) is 21.2 Å². The molecule has 17 nitrogen and oxygen atoms in total. The number of methoxy groups -OCH3 is 2. The number of nitrogens with zero attached hydrogens (tertiary/aromatic N) is 3. The van der Waals surface area contributed by atoms with Gasteiger partial charge in [0.1, 0.15) is 18.4 Å². The lowest BCUT2D eigenvalue weighted by molar-refractivity contribution is -0.157. The number of aromatic hydroxyl groups is 1. The van der Waals surface area contributed by atoms with Crippen LogP contribution in [0.1, 0.15) is 79.9 Å². The molecule has 380 valence electrons. The van der Waals surface area contributed by atoms with Gasteiger partial charge in [0, 0.05) is 53.6 Å². The normalized spacial score (nSPS) is 24.8. The highest BCUT2D eigenvalue weighted by Gasteiger charge is 2.62. The Balaban J connectivity index is 1.05. The first-order valence-electron chi connectivity index (χ1n) is 24.1. The monoisotopic (exact) mass is 1030 g/mol. The number of piperazine rings is 1. The summed E-state index contributed by atoms with van der Waals surface area (Å²) in [4.78, 5) is 32.9. The molecule has 0 saturated carbocycles. The Kier molecular flexibility index (Phi) is 12.9. The second-order valence-electron chi connectivity index (χ2n) is 19.1. The quantitative estimate of drug-likeness (QED) is 0.0729. The van der Waals surface area contributed by atoms with Gasteiger partial charge < -0.3 is 38.1 Å². The maximum atomic E-state index is 15.4. The van der Waals surface area contributed by atoms with Crippen molar-refractivity contribution in [2.75, 3.05) is 47.0 Å². The van der Waals surface area contributed by atoms with Crippen molar-refractivity contribution in [2.24, 2.45) is 0 Å². The number of phenolic OH excluding ortho intramolecular Hbond substituents is 1. The van der Waals surface area contributed by atoms with Crippen molar-refractivity contribution in [2.45, 2.75) is 87.8 Å². The summed E-state index contributed by atoms with van der Waals surface area (Å²) in [5.74, 6) is 0.690. The molecular formula is C54H55N4O13PS. The number of aryl methyl sites for hydroxylation is 1. The average molecular weight is 1030 g/mol. The highest BCUT2D eigenvalue weighted by Crippen LogP contribution is 2.65. The molecule has 0 aliphatic carbocycles. The van der Waals surface area contributed by atoms with Crippen LogP contribution in [0.4, 0.5) is 0 Å². The molecule has 73 heavy (non-hydrogen) atoms. The van der Waals surface area contributed by atoms with Gasteiger partial charge in [-0.2, -0.15) is 5.26 Å². The summed E-state index contributed by atoms with van der Waals surface area (Å²) in [6, 6.07) is 23.6. The molecule has 5 aromatic carbocycles. The van der Waals surface area contributed by atoms with Crippen LogP contribution in [0.15, 0.2) is 78.9 Å². The molecule has 0 amide bonds. The molecule has 19 heteroatoms. The lowest BCUT2D eigenvalue weighted by atomic mass is 9.71. The number of hydrogen-bond donors (Lipinski definition) is 2. The molecular weight excluding hydrogens is 976 g/mol. The number of ether oxygens (including phenoxy) is 6. The van der Waals surface area contributed by atoms with E-state index in [-0.39, 0.29) is 55.7 Å². The molecule has 5 aromatic rings. The van der Waals surface area contributed by atoms with Gasteiger partial charge in [-0.25, -0.2) is 9.36 Å². The number of nitrogens with one attached hydrogen (secondary N) is 1. The summed E-state index contributed by atoms with van der Waals surface area (Å²) >= 11 is 1.45. The molecule has 7 aliphatic rings. The minimum Gasteiger partial charge on any atom is -0.504 e. The number of phosphoric acid groups is 1. The first-order chi connectivity index (χ1) is 35.3. The fourth-order valence-corrected chi connectivity index (χ4v) is 14.8. The van der Waals surface area contributed by atoms with E-state index in [4.69, 9.17) is 42.0 Å². The number of likely N-dealkylation sites (N-methyl/N-ethyl adjacent to an activating group) is 1. The van der Waals surface area contributed by atoms with Crippen LogP contribution in [-0.2, 0) is 59.5 Å². The lowest BCUT2D eigenvalue weighted by Gasteiger charge is -2.62. The Bertz CT molecular complexity index is 3070. The van der Waals surface area contributed by atoms with Crippen LogP contribution in [0.2, 0.25) is 0 Å². The molecule has 2 saturated heterocycles. The zero-order valence-electron chi connectivity index (χ0n) is 41.2. The third-order valence-electron chi connectivity index (χ3n) is 15.1. The second-order valence-corrected chi connectivity index (χ2v) is 21.8. The van der Waals surface area contributed by atoms with Crippen LogP contribution in [-0.4, -0.2) is 91.9 Å². The Morgan fingerprint density at radius 2 is 1.62 bits per heavy atom. The van der Waals surface area contributed by atoms with E-state index in [1.165, 1.54) is 32.9 Å². The van der Waals surface area contributed by atoms with E-state index in [9.17, 15) is 19.7 Å². The second kappa shape index (κ2) is 19.2. The zero-order valence-corrected chi connectivity index (χ0v) is 42.9. The first kappa shape index (κ1) is 48.9. The third-order valence-corrected chi connectivity index (χ3v) is 17.9. The molecule has 1 unspecified atom stereocenters. The summed E-state index contributed by atoms with van der Waals surface area (Å²) < 4.78 is 70.1. The SMILES string of the molecule is COc1cc2c(cc1OP(=O)(OCc1ccccc1)OCc1ccccc1)CCN[C@]21CS[C@@H]2c3c(OC(C)=O)c(C)c4c(c3[C@H](COC1=O)N1C2[C@H]2c3c(cc(C)c(OC)c3O)C[C@@H]([C@@H]1C#N)N2C)OCO4. The van der Waals surface area contributed by atoms with Crippen LogP contribution in [0.3, 0.4) is 0 Å². The van der Waals surface area contributed by atoms with Crippen molar-refractivity contribution < 1.29 is 61.3 Å². The molecule has 7 atom stereocenters. The van der Waals surface area contributed by atoms with Crippen LogP contribution in [0, 0.1) is 25.2 Å². The smallest absolute Gasteiger partial charge is 0.504 e. The van der Waals surface area contributed by atoms with Crippen molar-refractivity contribution >= 4 is 31.5 Å². The van der Waals surface area contributed by atoms with Crippen LogP contribution < -0.4 is 33.5 Å². The average Bonchev–Trinajstić information content (AvgIpc) is 3.88. The molecule has 7 heterocycles. The fraction of sp³-hybridized carbons (Fsp3) is 0.389. The number of esters is 2. The Morgan fingerprint density at radius 1 is 0.918 bits per heavy atom. The molecule has 4 bridgehead atoms. The summed E-state index contributed by atoms with van der Waals surface area (Å²) in [6.45, 7) is 4.92. The molecule has 0 radical (unpaired) electrons. The van der Waals surface area contributed by atoms with E-state index in [1.54, 1.807) is 12.1 Å². The summed E-state index contributed by atoms with van der Waals surface area (Å²) in [7, 11) is 0.603. The molecule has 2 N–H and O–H groups in total. The summed E-state index contributed by atoms with van der Waals surface area (Å²) in [5.41, 5.74) is 5.41. The van der Waals surface area contributed by atoms with Gasteiger partial charge in [-0.15, -0.1) is 11.8 Å². The largest absolute Gasteiger partial charge is 0.530 e. The summed E-state index contributed by atoms with van der Waals surface area (Å²) in [5, 5.41) is 26.5. The van der Waals surface area contributed by atoms with Crippen molar-refractivity contribution in [3.8, 4) is 46.3 Å². The van der Waals surface area contributed by atoms with E-state index < -0.39 is 54.7 Å². The minimum atomic E-state index is -4.36. The highest BCUT2D eigenvalue weighted by molar-refractivity contribution is 7.99. The number of rotatable bonds is 11. The Labute approximate surface area is 427 Å². The van der Waals surface area contributed by atoms with Gasteiger partial charge >= 0.3 is 19.8 Å². The first-order valence-corrected chi connectivity index (χ1v) is 26.6. The van der Waals surface area contributed by atoms with Crippen molar-refractivity contribution in [3.63, 3.8) is 0 Å². The molecule has 7 aliphatic heterocycles. The fourth-order valence-electron chi connectivity index (χ4n) is 11.9. The third kappa shape index (κ3) is 8.17. The number of nitriles is 1. The van der Waals surface area contributed by atoms with E-state index in [0.717, 1.165) is 22.3 Å². The number of thioether (sulfide) groups is 1. The van der Waals surface area contributed by atoms with Crippen molar-refractivity contribution in [1.29, 1.82) is 5.26 Å². The zero-order chi connectivity index (χ0) is 50.9. The maximum absolute atomic E-state index is 15.4. The predicted octanol–water partition coefficient (Wildman–Crippen LogP) is 8.20. The molecule has 12 rings (SSSR count). The van der Waals surface area contributed by atoms with Crippen LogP contribution >= 0.6 is 19.6 Å². The number of phenols is 1. The van der Waals surface area contributed by atoms with Crippen molar-refractivity contribution in [3.05, 3.63) is 134 Å². The van der Waals surface area contributed by atoms with Crippen molar-refractivity contribution in [1.82, 2.24) is 15.1 Å². The van der Waals surface area contributed by atoms with Gasteiger partial charge in [-0.1, -0.05) is 66.7 Å². The van der Waals surface area contributed by atoms with E-state index >= 15 is 4.79 Å². The number of benzene rings is 5. The predicted molar refractivity (Wildman–Crippen MR) is 267 cm³/mol. The Morgan fingerprint density at radius 3 is 2.27 bits per heavy atom. The highest BCUT2D eigenvalue weighted by atomic mass is 32.2. The minimum absolute atomic E-state index is 0.0137. The van der Waals surface area contributed by atoms with Crippen LogP contribution in [0.25, 0.3) is 0 Å².